The molecule has 0 radical (unpaired) electrons. The van der Waals surface area contributed by atoms with Gasteiger partial charge in [0.2, 0.25) is 0 Å². The van der Waals surface area contributed by atoms with Gasteiger partial charge in [-0.05, 0) is 61.2 Å². The van der Waals surface area contributed by atoms with Crippen LogP contribution in [0.5, 0.6) is 0 Å². The molecular weight excluding hydrogens is 406 g/mol. The summed E-state index contributed by atoms with van der Waals surface area (Å²) >= 11 is 0. The van der Waals surface area contributed by atoms with Crippen molar-refractivity contribution in [1.29, 1.82) is 0 Å². The number of hydrogen-bond acceptors (Lipinski definition) is 4. The summed E-state index contributed by atoms with van der Waals surface area (Å²) in [6, 6.07) is 22.6. The molecule has 3 aromatic rings. The van der Waals surface area contributed by atoms with Crippen molar-refractivity contribution in [1.82, 2.24) is 9.88 Å². The quantitative estimate of drug-likeness (QED) is 0.548. The van der Waals surface area contributed by atoms with Crippen LogP contribution in [0.2, 0.25) is 0 Å². The Hall–Kier alpha value is -2.70. The highest BCUT2D eigenvalue weighted by Crippen LogP contribution is 2.31. The second kappa shape index (κ2) is 9.62. The molecule has 0 atom stereocenters. The van der Waals surface area contributed by atoms with Crippen molar-refractivity contribution >= 4 is 15.7 Å². The predicted molar refractivity (Wildman–Crippen MR) is 124 cm³/mol. The lowest BCUT2D eigenvalue weighted by atomic mass is 10.0. The van der Waals surface area contributed by atoms with Gasteiger partial charge in [-0.15, -0.1) is 0 Å². The Kier molecular flexibility index (Phi) is 6.68. The van der Waals surface area contributed by atoms with Crippen LogP contribution >= 0.6 is 0 Å². The second-order valence-corrected chi connectivity index (χ2v) is 9.78. The summed E-state index contributed by atoms with van der Waals surface area (Å²) in [6.07, 6.45) is 4.32. The van der Waals surface area contributed by atoms with Crippen LogP contribution in [0, 0.1) is 0 Å². The molecule has 4 rings (SSSR count). The van der Waals surface area contributed by atoms with Gasteiger partial charge in [-0.1, -0.05) is 43.3 Å². The molecule has 2 heterocycles. The summed E-state index contributed by atoms with van der Waals surface area (Å²) in [4.78, 5) is 7.11. The van der Waals surface area contributed by atoms with Gasteiger partial charge < -0.3 is 0 Å². The average molecular weight is 436 g/mol. The number of rotatable bonds is 7. The molecular formula is C25H29N3O2S. The van der Waals surface area contributed by atoms with Crippen LogP contribution in [-0.2, 0) is 23.0 Å². The fourth-order valence-electron chi connectivity index (χ4n) is 4.16. The summed E-state index contributed by atoms with van der Waals surface area (Å²) in [5.41, 5.74) is 2.99. The number of anilines is 1. The van der Waals surface area contributed by atoms with Crippen LogP contribution in [0.3, 0.4) is 0 Å². The van der Waals surface area contributed by atoms with Gasteiger partial charge in [-0.2, -0.15) is 0 Å². The number of hydrogen-bond donors (Lipinski definition) is 0. The average Bonchev–Trinajstić information content (AvgIpc) is 2.82. The van der Waals surface area contributed by atoms with E-state index in [1.807, 2.05) is 54.7 Å². The van der Waals surface area contributed by atoms with E-state index >= 15 is 0 Å². The molecule has 1 saturated heterocycles. The third-order valence-corrected chi connectivity index (χ3v) is 7.79. The van der Waals surface area contributed by atoms with E-state index in [4.69, 9.17) is 0 Å². The zero-order chi connectivity index (χ0) is 21.7. The monoisotopic (exact) mass is 435 g/mol. The van der Waals surface area contributed by atoms with Crippen LogP contribution in [-0.4, -0.2) is 37.4 Å². The van der Waals surface area contributed by atoms with Crippen molar-refractivity contribution in [3.63, 3.8) is 0 Å². The molecule has 0 spiro atoms. The minimum absolute atomic E-state index is 0.0716. The van der Waals surface area contributed by atoms with Crippen LogP contribution in [0.25, 0.3) is 0 Å². The fourth-order valence-corrected chi connectivity index (χ4v) is 5.89. The molecule has 0 amide bonds. The van der Waals surface area contributed by atoms with E-state index in [1.165, 1.54) is 5.56 Å². The van der Waals surface area contributed by atoms with E-state index < -0.39 is 10.0 Å². The third-order valence-electron chi connectivity index (χ3n) is 5.90. The Labute approximate surface area is 185 Å². The van der Waals surface area contributed by atoms with E-state index in [0.717, 1.165) is 50.3 Å². The molecule has 1 aliphatic heterocycles. The summed E-state index contributed by atoms with van der Waals surface area (Å²) in [5, 5.41) is 0. The molecule has 0 unspecified atom stereocenters. The van der Waals surface area contributed by atoms with Crippen LogP contribution in [0.15, 0.2) is 83.9 Å². The topological polar surface area (TPSA) is 53.5 Å². The van der Waals surface area contributed by atoms with Crippen LogP contribution < -0.4 is 4.31 Å². The van der Waals surface area contributed by atoms with E-state index in [-0.39, 0.29) is 6.04 Å². The maximum Gasteiger partial charge on any atom is 0.264 e. The predicted octanol–water partition coefficient (Wildman–Crippen LogP) is 4.50. The summed E-state index contributed by atoms with van der Waals surface area (Å²) in [5.74, 6) is 0. The van der Waals surface area contributed by atoms with E-state index in [9.17, 15) is 8.42 Å². The Balaban J connectivity index is 1.58. The zero-order valence-electron chi connectivity index (χ0n) is 17.9. The van der Waals surface area contributed by atoms with Crippen molar-refractivity contribution in [3.8, 4) is 0 Å². The number of benzene rings is 2. The minimum atomic E-state index is -3.65. The SMILES string of the molecule is CCc1ccc(N(C2CCN(Cc3ccccn3)CC2)S(=O)(=O)c2ccccc2)cc1. The van der Waals surface area contributed by atoms with Gasteiger partial charge >= 0.3 is 0 Å². The van der Waals surface area contributed by atoms with Gasteiger partial charge in [0.15, 0.2) is 0 Å². The molecule has 1 aliphatic rings. The molecule has 6 heteroatoms. The van der Waals surface area contributed by atoms with E-state index in [0.29, 0.717) is 4.90 Å². The highest BCUT2D eigenvalue weighted by Gasteiger charge is 2.34. The van der Waals surface area contributed by atoms with Crippen LogP contribution in [0.4, 0.5) is 5.69 Å². The lowest BCUT2D eigenvalue weighted by Crippen LogP contribution is -2.47. The highest BCUT2D eigenvalue weighted by molar-refractivity contribution is 7.92. The Morgan fingerprint density at radius 2 is 1.61 bits per heavy atom. The van der Waals surface area contributed by atoms with Crippen molar-refractivity contribution in [3.05, 3.63) is 90.3 Å². The van der Waals surface area contributed by atoms with Gasteiger partial charge in [-0.25, -0.2) is 8.42 Å². The largest absolute Gasteiger partial charge is 0.297 e. The third kappa shape index (κ3) is 4.97. The fraction of sp³-hybridized carbons (Fsp3) is 0.320. The van der Waals surface area contributed by atoms with Crippen molar-refractivity contribution in [2.24, 2.45) is 0 Å². The molecule has 31 heavy (non-hydrogen) atoms. The molecule has 0 saturated carbocycles. The normalized spacial score (nSPS) is 15.6. The number of likely N-dealkylation sites (tertiary alicyclic amines) is 1. The summed E-state index contributed by atoms with van der Waals surface area (Å²) < 4.78 is 29.0. The number of aryl methyl sites for hydroxylation is 1. The summed E-state index contributed by atoms with van der Waals surface area (Å²) in [7, 11) is -3.65. The number of aromatic nitrogens is 1. The zero-order valence-corrected chi connectivity index (χ0v) is 18.7. The Morgan fingerprint density at radius 3 is 2.23 bits per heavy atom. The molecule has 0 bridgehead atoms. The molecule has 0 N–H and O–H groups in total. The van der Waals surface area contributed by atoms with Gasteiger partial charge in [0.1, 0.15) is 0 Å². The van der Waals surface area contributed by atoms with Crippen LogP contribution in [0.1, 0.15) is 31.0 Å². The molecule has 5 nitrogen and oxygen atoms in total. The van der Waals surface area contributed by atoms with Crippen molar-refractivity contribution in [2.75, 3.05) is 17.4 Å². The first-order chi connectivity index (χ1) is 15.1. The first-order valence-corrected chi connectivity index (χ1v) is 12.3. The lowest BCUT2D eigenvalue weighted by Gasteiger charge is -2.39. The standard InChI is InChI=1S/C25H29N3O2S/c1-2-21-11-13-23(14-12-21)28(31(29,30)25-9-4-3-5-10-25)24-15-18-27(19-16-24)20-22-8-6-7-17-26-22/h3-14,17,24H,2,15-16,18-20H2,1H3. The number of pyridine rings is 1. The highest BCUT2D eigenvalue weighted by atomic mass is 32.2. The molecule has 1 aromatic heterocycles. The van der Waals surface area contributed by atoms with Gasteiger partial charge in [0.05, 0.1) is 16.3 Å². The Bertz CT molecular complexity index is 1060. The maximum atomic E-state index is 13.7. The maximum absolute atomic E-state index is 13.7. The molecule has 1 fully saturated rings. The van der Waals surface area contributed by atoms with E-state index in [1.54, 1.807) is 28.6 Å². The number of nitrogens with zero attached hydrogens (tertiary/aromatic N) is 3. The minimum Gasteiger partial charge on any atom is -0.297 e. The molecule has 162 valence electrons. The smallest absolute Gasteiger partial charge is 0.264 e. The number of sulfonamides is 1. The van der Waals surface area contributed by atoms with E-state index in [2.05, 4.69) is 16.8 Å². The first-order valence-electron chi connectivity index (χ1n) is 10.9. The molecule has 0 aliphatic carbocycles. The first kappa shape index (κ1) is 21.5. The lowest BCUT2D eigenvalue weighted by molar-refractivity contribution is 0.204. The van der Waals surface area contributed by atoms with Crippen molar-refractivity contribution in [2.45, 2.75) is 43.7 Å². The van der Waals surface area contributed by atoms with Gasteiger partial charge in [0, 0.05) is 31.9 Å². The number of piperidine rings is 1. The molecule has 2 aromatic carbocycles. The summed E-state index contributed by atoms with van der Waals surface area (Å²) in [6.45, 7) is 4.58. The van der Waals surface area contributed by atoms with Gasteiger partial charge in [0.25, 0.3) is 10.0 Å². The second-order valence-electron chi connectivity index (χ2n) is 7.96. The van der Waals surface area contributed by atoms with Crippen molar-refractivity contribution < 1.29 is 8.42 Å². The van der Waals surface area contributed by atoms with Gasteiger partial charge in [-0.3, -0.25) is 14.2 Å². The Morgan fingerprint density at radius 1 is 0.935 bits per heavy atom.